The predicted octanol–water partition coefficient (Wildman–Crippen LogP) is 5.12. The highest BCUT2D eigenvalue weighted by atomic mass is 31.2. The van der Waals surface area contributed by atoms with E-state index in [9.17, 15) is 9.46 Å². The minimum absolute atomic E-state index is 0.0204. The highest BCUT2D eigenvalue weighted by Gasteiger charge is 2.24. The number of hydrogen-bond donors (Lipinski definition) is 1. The van der Waals surface area contributed by atoms with Crippen molar-refractivity contribution in [1.29, 1.82) is 0 Å². The summed E-state index contributed by atoms with van der Waals surface area (Å²) in [6.45, 7) is 3.89. The molecule has 0 heterocycles. The quantitative estimate of drug-likeness (QED) is 0.663. The summed E-state index contributed by atoms with van der Waals surface area (Å²) >= 11 is 0. The van der Waals surface area contributed by atoms with Crippen molar-refractivity contribution in [1.82, 2.24) is 0 Å². The molecule has 0 saturated carbocycles. The van der Waals surface area contributed by atoms with Crippen LogP contribution in [0.5, 0.6) is 0 Å². The van der Waals surface area contributed by atoms with Crippen LogP contribution in [0.2, 0.25) is 0 Å². The maximum atomic E-state index is 12.3. The zero-order valence-corrected chi connectivity index (χ0v) is 13.5. The van der Waals surface area contributed by atoms with E-state index in [-0.39, 0.29) is 6.16 Å². The normalized spacial score (nSPS) is 15.2. The molecule has 0 fully saturated rings. The lowest BCUT2D eigenvalue weighted by Gasteiger charge is -2.18. The molecule has 23 heavy (non-hydrogen) atoms. The summed E-state index contributed by atoms with van der Waals surface area (Å²) in [5.41, 5.74) is 1.55. The van der Waals surface area contributed by atoms with Gasteiger partial charge in [0.25, 0.3) is 0 Å². The Morgan fingerprint density at radius 2 is 1.61 bits per heavy atom. The van der Waals surface area contributed by atoms with E-state index >= 15 is 0 Å². The van der Waals surface area contributed by atoms with E-state index in [1.54, 1.807) is 12.1 Å². The average Bonchev–Trinajstić information content (AvgIpc) is 2.54. The lowest BCUT2D eigenvalue weighted by Crippen LogP contribution is -2.01. The highest BCUT2D eigenvalue weighted by Crippen LogP contribution is 2.49. The zero-order valence-electron chi connectivity index (χ0n) is 12.6. The molecule has 4 heteroatoms. The summed E-state index contributed by atoms with van der Waals surface area (Å²) in [5, 5.41) is 2.16. The Morgan fingerprint density at radius 1 is 0.957 bits per heavy atom. The molecule has 2 unspecified atom stereocenters. The topological polar surface area (TPSA) is 46.5 Å². The van der Waals surface area contributed by atoms with Crippen LogP contribution in [0.4, 0.5) is 0 Å². The Bertz CT molecular complexity index is 845. The van der Waals surface area contributed by atoms with Crippen LogP contribution < -0.4 is 0 Å². The second kappa shape index (κ2) is 6.67. The van der Waals surface area contributed by atoms with Crippen molar-refractivity contribution in [3.05, 3.63) is 90.8 Å². The molecule has 0 aliphatic heterocycles. The van der Waals surface area contributed by atoms with Gasteiger partial charge in [-0.25, -0.2) is 0 Å². The summed E-state index contributed by atoms with van der Waals surface area (Å²) in [5.74, 6) is 0. The molecule has 0 amide bonds. The maximum absolute atomic E-state index is 12.3. The molecule has 1 N–H and O–H groups in total. The van der Waals surface area contributed by atoms with Crippen LogP contribution in [0.3, 0.4) is 0 Å². The van der Waals surface area contributed by atoms with Gasteiger partial charge >= 0.3 is 7.60 Å². The molecule has 0 bridgehead atoms. The first-order valence-electron chi connectivity index (χ1n) is 7.39. The van der Waals surface area contributed by atoms with E-state index < -0.39 is 13.7 Å². The van der Waals surface area contributed by atoms with Gasteiger partial charge in [0.15, 0.2) is 0 Å². The standard InChI is InChI=1S/C19H18O3P/c1-15(18-12-11-17-9-5-6-10-19(17)13-18)22-23(20,21)14-16-7-3-2-4-8-16/h2-13,15H,1,14H2,(H,20,21). The van der Waals surface area contributed by atoms with Gasteiger partial charge in [0.05, 0.1) is 12.3 Å². The lowest BCUT2D eigenvalue weighted by molar-refractivity contribution is 0.211. The Hall–Kier alpha value is -1.93. The maximum Gasteiger partial charge on any atom is 0.333 e. The molecule has 0 aliphatic rings. The molecular formula is C19H18O3P. The van der Waals surface area contributed by atoms with Crippen LogP contribution >= 0.6 is 7.60 Å². The first-order valence-corrected chi connectivity index (χ1v) is 9.16. The fraction of sp³-hybridized carbons (Fsp3) is 0.105. The molecule has 117 valence electrons. The molecule has 0 aliphatic carbocycles. The van der Waals surface area contributed by atoms with Gasteiger partial charge in [0, 0.05) is 0 Å². The third-order valence-electron chi connectivity index (χ3n) is 3.66. The van der Waals surface area contributed by atoms with Gasteiger partial charge in [-0.15, -0.1) is 0 Å². The second-order valence-electron chi connectivity index (χ2n) is 5.48. The largest absolute Gasteiger partial charge is 0.333 e. The van der Waals surface area contributed by atoms with E-state index in [1.807, 2.05) is 60.7 Å². The minimum Gasteiger partial charge on any atom is -0.324 e. The van der Waals surface area contributed by atoms with E-state index in [1.165, 1.54) is 0 Å². The smallest absolute Gasteiger partial charge is 0.324 e. The number of benzene rings is 3. The van der Waals surface area contributed by atoms with Gasteiger partial charge in [0.2, 0.25) is 0 Å². The van der Waals surface area contributed by atoms with Crippen molar-refractivity contribution in [3.8, 4) is 0 Å². The van der Waals surface area contributed by atoms with Gasteiger partial charge in [-0.05, 0) is 34.9 Å². The molecule has 0 spiro atoms. The summed E-state index contributed by atoms with van der Waals surface area (Å²) in [7, 11) is -3.76. The molecule has 3 rings (SSSR count). The van der Waals surface area contributed by atoms with Gasteiger partial charge in [-0.2, -0.15) is 0 Å². The number of hydrogen-bond acceptors (Lipinski definition) is 2. The molecule has 0 saturated heterocycles. The van der Waals surface area contributed by atoms with E-state index in [0.29, 0.717) is 0 Å². The van der Waals surface area contributed by atoms with Crippen molar-refractivity contribution in [2.45, 2.75) is 12.3 Å². The average molecular weight is 325 g/mol. The van der Waals surface area contributed by atoms with Gasteiger partial charge in [0.1, 0.15) is 0 Å². The van der Waals surface area contributed by atoms with Gasteiger partial charge < -0.3 is 9.42 Å². The molecule has 1 radical (unpaired) electrons. The van der Waals surface area contributed by atoms with Crippen LogP contribution in [0, 0.1) is 6.92 Å². The summed E-state index contributed by atoms with van der Waals surface area (Å²) < 4.78 is 17.7. The van der Waals surface area contributed by atoms with Crippen molar-refractivity contribution >= 4 is 18.4 Å². The van der Waals surface area contributed by atoms with Crippen molar-refractivity contribution in [2.75, 3.05) is 0 Å². The predicted molar refractivity (Wildman–Crippen MR) is 93.1 cm³/mol. The van der Waals surface area contributed by atoms with Crippen LogP contribution in [-0.4, -0.2) is 4.89 Å². The Kier molecular flexibility index (Phi) is 4.63. The van der Waals surface area contributed by atoms with Gasteiger partial charge in [-0.1, -0.05) is 66.7 Å². The van der Waals surface area contributed by atoms with E-state index in [0.717, 1.165) is 21.9 Å². The molecule has 0 aromatic heterocycles. The van der Waals surface area contributed by atoms with Crippen molar-refractivity contribution in [3.63, 3.8) is 0 Å². The van der Waals surface area contributed by atoms with Crippen molar-refractivity contribution in [2.24, 2.45) is 0 Å². The minimum atomic E-state index is -3.76. The second-order valence-corrected chi connectivity index (χ2v) is 7.28. The first kappa shape index (κ1) is 15.9. The van der Waals surface area contributed by atoms with Crippen LogP contribution in [0.1, 0.15) is 17.2 Å². The fourth-order valence-corrected chi connectivity index (χ4v) is 3.79. The SMILES string of the molecule is [CH2]C(OP(=O)(O)Cc1ccccc1)c1ccc2ccccc2c1. The zero-order chi connectivity index (χ0) is 16.3. The van der Waals surface area contributed by atoms with Crippen LogP contribution in [-0.2, 0) is 15.3 Å². The molecule has 3 nitrogen and oxygen atoms in total. The summed E-state index contributed by atoms with van der Waals surface area (Å²) in [4.78, 5) is 10.1. The van der Waals surface area contributed by atoms with E-state index in [4.69, 9.17) is 4.52 Å². The molecule has 3 aromatic carbocycles. The molecule has 3 aromatic rings. The summed E-state index contributed by atoms with van der Waals surface area (Å²) in [6.07, 6.45) is -0.716. The number of fused-ring (bicyclic) bond motifs is 1. The Labute approximate surface area is 136 Å². The fourth-order valence-electron chi connectivity index (χ4n) is 2.52. The third-order valence-corrected chi connectivity index (χ3v) is 5.01. The molecule has 2 atom stereocenters. The Balaban J connectivity index is 1.76. The number of rotatable bonds is 5. The summed E-state index contributed by atoms with van der Waals surface area (Å²) in [6, 6.07) is 22.9. The lowest BCUT2D eigenvalue weighted by atomic mass is 10.0. The highest BCUT2D eigenvalue weighted by molar-refractivity contribution is 7.51. The first-order chi connectivity index (χ1) is 11.0. The molecular weight excluding hydrogens is 307 g/mol. The van der Waals surface area contributed by atoms with Gasteiger partial charge in [-0.3, -0.25) is 4.57 Å². The third kappa shape index (κ3) is 4.08. The van der Waals surface area contributed by atoms with Crippen molar-refractivity contribution < 1.29 is 14.0 Å². The monoisotopic (exact) mass is 325 g/mol. The van der Waals surface area contributed by atoms with E-state index in [2.05, 4.69) is 6.92 Å². The Morgan fingerprint density at radius 3 is 2.35 bits per heavy atom. The van der Waals surface area contributed by atoms with Crippen LogP contribution in [0.15, 0.2) is 72.8 Å². The van der Waals surface area contributed by atoms with Crippen LogP contribution in [0.25, 0.3) is 10.8 Å².